The summed E-state index contributed by atoms with van der Waals surface area (Å²) >= 11 is 0. The van der Waals surface area contributed by atoms with Gasteiger partial charge in [0.05, 0.1) is 0 Å². The Morgan fingerprint density at radius 1 is 0.282 bits per heavy atom. The molecule has 0 aliphatic carbocycles. The lowest BCUT2D eigenvalue weighted by Gasteiger charge is -2.18. The maximum Gasteiger partial charge on any atom is 0.306 e. The van der Waals surface area contributed by atoms with E-state index in [2.05, 4.69) is 27.7 Å². The van der Waals surface area contributed by atoms with Crippen molar-refractivity contribution in [1.82, 2.24) is 0 Å². The largest absolute Gasteiger partial charge is 0.462 e. The smallest absolute Gasteiger partial charge is 0.306 e. The average Bonchev–Trinajstić information content (AvgIpc) is 3.37. The first-order chi connectivity index (χ1) is 34.9. The Kier molecular flexibility index (Phi) is 58.0. The standard InChI is InChI=1S/C65H126O6/c1-5-8-10-12-14-16-18-20-22-29-32-36-40-44-48-52-56-63(66)69-59-62(71-65(68)58-54-50-46-42-38-34-27-21-19-17-15-13-11-9-6-2)60-70-64(67)57-53-49-45-41-37-33-30-26-24-23-25-28-31-35-39-43-47-51-55-61(4)7-3/h61-62H,5-60H2,1-4H3/t61?,62-/m1/s1. The number of esters is 3. The number of hydrogen-bond acceptors (Lipinski definition) is 6. The lowest BCUT2D eigenvalue weighted by Crippen LogP contribution is -2.30. The molecule has 6 heteroatoms. The third-order valence-corrected chi connectivity index (χ3v) is 15.4. The van der Waals surface area contributed by atoms with E-state index in [1.54, 1.807) is 0 Å². The van der Waals surface area contributed by atoms with Crippen molar-refractivity contribution in [3.05, 3.63) is 0 Å². The molecular formula is C65H126O6. The number of ether oxygens (including phenoxy) is 3. The molecule has 422 valence electrons. The second kappa shape index (κ2) is 59.3. The Morgan fingerprint density at radius 3 is 0.732 bits per heavy atom. The molecule has 0 radical (unpaired) electrons. The van der Waals surface area contributed by atoms with Gasteiger partial charge < -0.3 is 14.2 Å². The monoisotopic (exact) mass is 1000 g/mol. The van der Waals surface area contributed by atoms with E-state index in [0.29, 0.717) is 19.3 Å². The number of carbonyl (C=O) groups is 3. The van der Waals surface area contributed by atoms with Gasteiger partial charge in [0.2, 0.25) is 0 Å². The molecule has 0 aromatic carbocycles. The van der Waals surface area contributed by atoms with Crippen LogP contribution in [0.25, 0.3) is 0 Å². The first kappa shape index (κ1) is 69.4. The molecule has 1 unspecified atom stereocenters. The highest BCUT2D eigenvalue weighted by Crippen LogP contribution is 2.19. The predicted octanol–water partition coefficient (Wildman–Crippen LogP) is 21.7. The lowest BCUT2D eigenvalue weighted by atomic mass is 9.99. The molecule has 71 heavy (non-hydrogen) atoms. The van der Waals surface area contributed by atoms with Crippen molar-refractivity contribution >= 4 is 17.9 Å². The van der Waals surface area contributed by atoms with Crippen LogP contribution in [0, 0.1) is 5.92 Å². The fourth-order valence-electron chi connectivity index (χ4n) is 10.1. The van der Waals surface area contributed by atoms with Crippen molar-refractivity contribution in [2.45, 2.75) is 381 Å². The first-order valence-electron chi connectivity index (χ1n) is 32.4. The van der Waals surface area contributed by atoms with Crippen LogP contribution in [0.4, 0.5) is 0 Å². The summed E-state index contributed by atoms with van der Waals surface area (Å²) in [5.74, 6) is 0.0838. The highest BCUT2D eigenvalue weighted by atomic mass is 16.6. The van der Waals surface area contributed by atoms with Gasteiger partial charge in [-0.2, -0.15) is 0 Å². The Morgan fingerprint density at radius 2 is 0.493 bits per heavy atom. The first-order valence-corrected chi connectivity index (χ1v) is 32.4. The SMILES string of the molecule is CCCCCCCCCCCCCCCCCCC(=O)OC[C@H](COC(=O)CCCCCCCCCCCCCCCCCCCCC(C)CC)OC(=O)CCCCCCCCCCCCCCCCC. The van der Waals surface area contributed by atoms with Gasteiger partial charge in [-0.1, -0.05) is 336 Å². The predicted molar refractivity (Wildman–Crippen MR) is 307 cm³/mol. The number of hydrogen-bond donors (Lipinski definition) is 0. The Labute approximate surface area is 444 Å². The normalized spacial score (nSPS) is 12.3. The zero-order valence-electron chi connectivity index (χ0n) is 48.7. The number of unbranched alkanes of at least 4 members (excludes halogenated alkanes) is 46. The van der Waals surface area contributed by atoms with E-state index in [-0.39, 0.29) is 31.1 Å². The Bertz CT molecular complexity index is 1080. The molecule has 0 fully saturated rings. The zero-order valence-corrected chi connectivity index (χ0v) is 48.7. The van der Waals surface area contributed by atoms with Gasteiger partial charge in [-0.3, -0.25) is 14.4 Å². The van der Waals surface area contributed by atoms with E-state index in [4.69, 9.17) is 14.2 Å². The molecule has 0 amide bonds. The fourth-order valence-corrected chi connectivity index (χ4v) is 10.1. The highest BCUT2D eigenvalue weighted by molar-refractivity contribution is 5.71. The van der Waals surface area contributed by atoms with Crippen molar-refractivity contribution in [3.8, 4) is 0 Å². The number of carbonyl (C=O) groups excluding carboxylic acids is 3. The Balaban J connectivity index is 4.24. The molecule has 0 aliphatic rings. The molecule has 0 spiro atoms. The minimum Gasteiger partial charge on any atom is -0.462 e. The molecule has 0 saturated carbocycles. The molecule has 0 heterocycles. The summed E-state index contributed by atoms with van der Waals surface area (Å²) in [6.07, 6.45) is 66.7. The summed E-state index contributed by atoms with van der Waals surface area (Å²) in [6, 6.07) is 0. The van der Waals surface area contributed by atoms with Crippen molar-refractivity contribution < 1.29 is 28.6 Å². The molecule has 0 aromatic heterocycles. The quantitative estimate of drug-likeness (QED) is 0.0343. The molecule has 0 saturated heterocycles. The van der Waals surface area contributed by atoms with Gasteiger partial charge >= 0.3 is 17.9 Å². The summed E-state index contributed by atoms with van der Waals surface area (Å²) in [4.78, 5) is 38.3. The zero-order chi connectivity index (χ0) is 51.6. The van der Waals surface area contributed by atoms with E-state index in [9.17, 15) is 14.4 Å². The van der Waals surface area contributed by atoms with Crippen LogP contribution in [0.5, 0.6) is 0 Å². The van der Waals surface area contributed by atoms with E-state index < -0.39 is 6.10 Å². The van der Waals surface area contributed by atoms with E-state index >= 15 is 0 Å². The lowest BCUT2D eigenvalue weighted by molar-refractivity contribution is -0.167. The van der Waals surface area contributed by atoms with E-state index in [1.807, 2.05) is 0 Å². The third-order valence-electron chi connectivity index (χ3n) is 15.4. The van der Waals surface area contributed by atoms with Crippen LogP contribution in [0.15, 0.2) is 0 Å². The van der Waals surface area contributed by atoms with Crippen LogP contribution < -0.4 is 0 Å². The van der Waals surface area contributed by atoms with Crippen molar-refractivity contribution in [2.75, 3.05) is 13.2 Å². The minimum atomic E-state index is -0.763. The molecule has 0 rings (SSSR count). The second-order valence-electron chi connectivity index (χ2n) is 22.6. The van der Waals surface area contributed by atoms with Crippen LogP contribution in [-0.4, -0.2) is 37.2 Å². The summed E-state index contributed by atoms with van der Waals surface area (Å²) in [7, 11) is 0. The molecular weight excluding hydrogens is 877 g/mol. The van der Waals surface area contributed by atoms with Crippen molar-refractivity contribution in [3.63, 3.8) is 0 Å². The topological polar surface area (TPSA) is 78.9 Å². The molecule has 0 aromatic rings. The summed E-state index contributed by atoms with van der Waals surface area (Å²) in [5, 5.41) is 0. The van der Waals surface area contributed by atoms with Crippen molar-refractivity contribution in [1.29, 1.82) is 0 Å². The summed E-state index contributed by atoms with van der Waals surface area (Å²) in [5.41, 5.74) is 0. The van der Waals surface area contributed by atoms with E-state index in [1.165, 1.54) is 270 Å². The van der Waals surface area contributed by atoms with Gasteiger partial charge in [0, 0.05) is 19.3 Å². The van der Waals surface area contributed by atoms with Gasteiger partial charge in [0.25, 0.3) is 0 Å². The van der Waals surface area contributed by atoms with Crippen LogP contribution in [0.2, 0.25) is 0 Å². The number of rotatable bonds is 60. The van der Waals surface area contributed by atoms with Crippen molar-refractivity contribution in [2.24, 2.45) is 5.92 Å². The molecule has 6 nitrogen and oxygen atoms in total. The van der Waals surface area contributed by atoms with E-state index in [0.717, 1.165) is 63.7 Å². The fraction of sp³-hybridized carbons (Fsp3) is 0.954. The Hall–Kier alpha value is -1.59. The van der Waals surface area contributed by atoms with Crippen LogP contribution in [0.1, 0.15) is 374 Å². The third kappa shape index (κ3) is 57.5. The van der Waals surface area contributed by atoms with Crippen LogP contribution in [-0.2, 0) is 28.6 Å². The second-order valence-corrected chi connectivity index (χ2v) is 22.6. The van der Waals surface area contributed by atoms with Gasteiger partial charge in [0.1, 0.15) is 13.2 Å². The maximum atomic E-state index is 12.9. The van der Waals surface area contributed by atoms with Gasteiger partial charge in [-0.05, 0) is 25.2 Å². The molecule has 0 aliphatic heterocycles. The molecule has 0 N–H and O–H groups in total. The van der Waals surface area contributed by atoms with Crippen LogP contribution in [0.3, 0.4) is 0 Å². The highest BCUT2D eigenvalue weighted by Gasteiger charge is 2.19. The molecule has 0 bridgehead atoms. The maximum absolute atomic E-state index is 12.9. The summed E-state index contributed by atoms with van der Waals surface area (Å²) < 4.78 is 17.0. The van der Waals surface area contributed by atoms with Gasteiger partial charge in [-0.25, -0.2) is 0 Å². The van der Waals surface area contributed by atoms with Crippen LogP contribution >= 0.6 is 0 Å². The van der Waals surface area contributed by atoms with Gasteiger partial charge in [-0.15, -0.1) is 0 Å². The summed E-state index contributed by atoms with van der Waals surface area (Å²) in [6.45, 7) is 9.13. The minimum absolute atomic E-state index is 0.0610. The van der Waals surface area contributed by atoms with Gasteiger partial charge in [0.15, 0.2) is 6.10 Å². The molecule has 2 atom stereocenters. The average molecular weight is 1000 g/mol.